The van der Waals surface area contributed by atoms with Crippen LogP contribution in [0.4, 0.5) is 5.82 Å². The van der Waals surface area contributed by atoms with E-state index < -0.39 is 0 Å². The summed E-state index contributed by atoms with van der Waals surface area (Å²) in [5.74, 6) is 1.31. The average molecular weight is 278 g/mol. The Balaban J connectivity index is 1.51. The van der Waals surface area contributed by atoms with Gasteiger partial charge in [0, 0.05) is 25.6 Å². The van der Waals surface area contributed by atoms with Gasteiger partial charge in [0.1, 0.15) is 11.4 Å². The molecule has 2 aliphatic rings. The van der Waals surface area contributed by atoms with Crippen molar-refractivity contribution in [1.29, 1.82) is 0 Å². The number of hydrogen-bond acceptors (Lipinski definition) is 6. The van der Waals surface area contributed by atoms with Gasteiger partial charge in [-0.15, -0.1) is 5.10 Å². The van der Waals surface area contributed by atoms with Gasteiger partial charge >= 0.3 is 0 Å². The van der Waals surface area contributed by atoms with Gasteiger partial charge in [-0.05, 0) is 25.5 Å². The van der Waals surface area contributed by atoms with Gasteiger partial charge in [0.05, 0.1) is 25.5 Å². The Kier molecular flexibility index (Phi) is 4.14. The lowest BCUT2D eigenvalue weighted by Gasteiger charge is -2.25. The largest absolute Gasteiger partial charge is 0.377 e. The molecule has 1 aromatic rings. The van der Waals surface area contributed by atoms with Crippen molar-refractivity contribution < 1.29 is 9.47 Å². The van der Waals surface area contributed by atoms with Crippen LogP contribution in [0.5, 0.6) is 0 Å². The zero-order valence-corrected chi connectivity index (χ0v) is 11.9. The van der Waals surface area contributed by atoms with Gasteiger partial charge in [0.15, 0.2) is 0 Å². The highest BCUT2D eigenvalue weighted by Gasteiger charge is 2.41. The van der Waals surface area contributed by atoms with Crippen molar-refractivity contribution in [1.82, 2.24) is 15.5 Å². The predicted octanol–water partition coefficient (Wildman–Crippen LogP) is 0.592. The Morgan fingerprint density at radius 3 is 3.25 bits per heavy atom. The number of aryl methyl sites for hydroxylation is 1. The van der Waals surface area contributed by atoms with Crippen LogP contribution in [-0.2, 0) is 9.47 Å². The molecule has 0 radical (unpaired) electrons. The highest BCUT2D eigenvalue weighted by molar-refractivity contribution is 5.32. The Labute approximate surface area is 119 Å². The molecule has 2 saturated heterocycles. The third kappa shape index (κ3) is 3.26. The van der Waals surface area contributed by atoms with Crippen molar-refractivity contribution in [3.05, 3.63) is 17.8 Å². The van der Waals surface area contributed by atoms with E-state index in [-0.39, 0.29) is 5.60 Å². The third-order valence-corrected chi connectivity index (χ3v) is 3.89. The van der Waals surface area contributed by atoms with Crippen molar-refractivity contribution in [2.45, 2.75) is 18.9 Å². The van der Waals surface area contributed by atoms with E-state index in [2.05, 4.69) is 20.8 Å². The summed E-state index contributed by atoms with van der Waals surface area (Å²) in [6.45, 7) is 6.83. The third-order valence-electron chi connectivity index (χ3n) is 3.89. The SMILES string of the molecule is Cc1ccc(NC[C@H]2CO[C@]3(CNCCOC3)C2)nn1. The van der Waals surface area contributed by atoms with E-state index in [1.54, 1.807) is 0 Å². The molecule has 0 aliphatic carbocycles. The van der Waals surface area contributed by atoms with Gasteiger partial charge in [-0.2, -0.15) is 5.10 Å². The van der Waals surface area contributed by atoms with Crippen LogP contribution in [0.1, 0.15) is 12.1 Å². The molecule has 2 aliphatic heterocycles. The number of hydrogen-bond donors (Lipinski definition) is 2. The van der Waals surface area contributed by atoms with Crippen molar-refractivity contribution in [2.24, 2.45) is 5.92 Å². The van der Waals surface area contributed by atoms with Gasteiger partial charge in [-0.25, -0.2) is 0 Å². The van der Waals surface area contributed by atoms with Crippen LogP contribution in [0, 0.1) is 12.8 Å². The van der Waals surface area contributed by atoms with Crippen molar-refractivity contribution >= 4 is 5.82 Å². The van der Waals surface area contributed by atoms with Crippen LogP contribution in [0.15, 0.2) is 12.1 Å². The van der Waals surface area contributed by atoms with Gasteiger partial charge in [0.2, 0.25) is 0 Å². The molecule has 1 spiro atoms. The topological polar surface area (TPSA) is 68.3 Å². The van der Waals surface area contributed by atoms with E-state index in [1.165, 1.54) is 0 Å². The van der Waals surface area contributed by atoms with Gasteiger partial charge in [0.25, 0.3) is 0 Å². The van der Waals surface area contributed by atoms with Crippen LogP contribution in [0.25, 0.3) is 0 Å². The maximum atomic E-state index is 6.02. The van der Waals surface area contributed by atoms with Crippen LogP contribution in [-0.4, -0.2) is 55.3 Å². The number of rotatable bonds is 3. The predicted molar refractivity (Wildman–Crippen MR) is 75.7 cm³/mol. The van der Waals surface area contributed by atoms with Gasteiger partial charge in [-0.3, -0.25) is 0 Å². The molecule has 0 saturated carbocycles. The first-order chi connectivity index (χ1) is 9.76. The zero-order valence-electron chi connectivity index (χ0n) is 11.9. The van der Waals surface area contributed by atoms with E-state index in [9.17, 15) is 0 Å². The summed E-state index contributed by atoms with van der Waals surface area (Å²) in [6.07, 6.45) is 1.02. The second kappa shape index (κ2) is 6.03. The number of ether oxygens (including phenoxy) is 2. The smallest absolute Gasteiger partial charge is 0.148 e. The molecule has 110 valence electrons. The minimum absolute atomic E-state index is 0.137. The van der Waals surface area contributed by atoms with Crippen LogP contribution in [0.2, 0.25) is 0 Å². The second-order valence-corrected chi connectivity index (χ2v) is 5.73. The normalized spacial score (nSPS) is 30.4. The summed E-state index contributed by atoms with van der Waals surface area (Å²) in [5.41, 5.74) is 0.794. The summed E-state index contributed by atoms with van der Waals surface area (Å²) in [6, 6.07) is 3.93. The molecule has 2 fully saturated rings. The van der Waals surface area contributed by atoms with Gasteiger partial charge < -0.3 is 20.1 Å². The molecule has 0 aromatic carbocycles. The first-order valence-electron chi connectivity index (χ1n) is 7.22. The molecule has 0 bridgehead atoms. The molecule has 3 rings (SSSR count). The number of anilines is 1. The maximum absolute atomic E-state index is 6.02. The van der Waals surface area contributed by atoms with E-state index in [1.807, 2.05) is 19.1 Å². The molecule has 6 heteroatoms. The van der Waals surface area contributed by atoms with Crippen LogP contribution >= 0.6 is 0 Å². The highest BCUT2D eigenvalue weighted by atomic mass is 16.5. The molecule has 0 amide bonds. The fourth-order valence-electron chi connectivity index (χ4n) is 2.81. The summed E-state index contributed by atoms with van der Waals surface area (Å²) in [5, 5.41) is 14.9. The van der Waals surface area contributed by atoms with Crippen LogP contribution in [0.3, 0.4) is 0 Å². The monoisotopic (exact) mass is 278 g/mol. The van der Waals surface area contributed by atoms with Crippen molar-refractivity contribution in [3.63, 3.8) is 0 Å². The number of nitrogens with one attached hydrogen (secondary N) is 2. The summed E-state index contributed by atoms with van der Waals surface area (Å²) >= 11 is 0. The van der Waals surface area contributed by atoms with Gasteiger partial charge in [-0.1, -0.05) is 0 Å². The number of aromatic nitrogens is 2. The van der Waals surface area contributed by atoms with E-state index in [0.717, 1.165) is 50.8 Å². The first-order valence-corrected chi connectivity index (χ1v) is 7.22. The molecule has 2 N–H and O–H groups in total. The quantitative estimate of drug-likeness (QED) is 0.843. The number of nitrogens with zero attached hydrogens (tertiary/aromatic N) is 2. The standard InChI is InChI=1S/C14H22N4O2/c1-11-2-3-13(18-17-11)16-7-12-6-14(20-8-12)9-15-4-5-19-10-14/h2-3,12,15H,4-10H2,1H3,(H,16,18)/t12-,14-/m0/s1. The molecular formula is C14H22N4O2. The average Bonchev–Trinajstić information content (AvgIpc) is 2.71. The Hall–Kier alpha value is -1.24. The molecule has 20 heavy (non-hydrogen) atoms. The Bertz CT molecular complexity index is 429. The molecule has 3 heterocycles. The maximum Gasteiger partial charge on any atom is 0.148 e. The van der Waals surface area contributed by atoms with E-state index >= 15 is 0 Å². The minimum Gasteiger partial charge on any atom is -0.377 e. The Morgan fingerprint density at radius 2 is 2.40 bits per heavy atom. The second-order valence-electron chi connectivity index (χ2n) is 5.73. The molecule has 2 atom stereocenters. The molecule has 1 aromatic heterocycles. The van der Waals surface area contributed by atoms with E-state index in [4.69, 9.17) is 9.47 Å². The van der Waals surface area contributed by atoms with E-state index in [0.29, 0.717) is 12.5 Å². The molecule has 0 unspecified atom stereocenters. The summed E-state index contributed by atoms with van der Waals surface area (Å²) in [4.78, 5) is 0. The van der Waals surface area contributed by atoms with Crippen molar-refractivity contribution in [3.8, 4) is 0 Å². The lowest BCUT2D eigenvalue weighted by atomic mass is 9.94. The summed E-state index contributed by atoms with van der Waals surface area (Å²) in [7, 11) is 0. The zero-order chi connectivity index (χ0) is 13.8. The minimum atomic E-state index is -0.137. The Morgan fingerprint density at radius 1 is 1.45 bits per heavy atom. The fraction of sp³-hybridized carbons (Fsp3) is 0.714. The lowest BCUT2D eigenvalue weighted by molar-refractivity contribution is -0.0471. The first kappa shape index (κ1) is 13.7. The summed E-state index contributed by atoms with van der Waals surface area (Å²) < 4.78 is 11.6. The fourth-order valence-corrected chi connectivity index (χ4v) is 2.81. The highest BCUT2D eigenvalue weighted by Crippen LogP contribution is 2.31. The van der Waals surface area contributed by atoms with Crippen LogP contribution < -0.4 is 10.6 Å². The van der Waals surface area contributed by atoms with Crippen molar-refractivity contribution in [2.75, 3.05) is 44.8 Å². The molecule has 6 nitrogen and oxygen atoms in total. The molecular weight excluding hydrogens is 256 g/mol. The lowest BCUT2D eigenvalue weighted by Crippen LogP contribution is -2.42.